The Labute approximate surface area is 95.4 Å². The average molecular weight is 220 g/mol. The fourth-order valence-electron chi connectivity index (χ4n) is 1.22. The van der Waals surface area contributed by atoms with E-state index in [0.29, 0.717) is 6.42 Å². The molecule has 0 aliphatic rings. The molecule has 0 saturated carbocycles. The quantitative estimate of drug-likeness (QED) is 0.830. The molecule has 0 bridgehead atoms. The summed E-state index contributed by atoms with van der Waals surface area (Å²) in [7, 11) is 1.62. The monoisotopic (exact) mass is 220 g/mol. The third kappa shape index (κ3) is 3.77. The minimum atomic E-state index is -0.764. The predicted octanol–water partition coefficient (Wildman–Crippen LogP) is 2.82. The predicted molar refractivity (Wildman–Crippen MR) is 63.4 cm³/mol. The molecule has 3 heteroatoms. The van der Waals surface area contributed by atoms with Crippen molar-refractivity contribution in [1.82, 2.24) is 0 Å². The van der Waals surface area contributed by atoms with Gasteiger partial charge in [-0.2, -0.15) is 0 Å². The lowest BCUT2D eigenvalue weighted by Crippen LogP contribution is -2.07. The molecule has 3 nitrogen and oxygen atoms in total. The molecule has 0 spiro atoms. The molecule has 0 radical (unpaired) electrons. The van der Waals surface area contributed by atoms with Crippen LogP contribution in [0, 0.1) is 5.92 Å². The van der Waals surface area contributed by atoms with E-state index in [1.165, 1.54) is 0 Å². The molecule has 0 aromatic heterocycles. The summed E-state index contributed by atoms with van der Waals surface area (Å²) in [6, 6.07) is 7.61. The van der Waals surface area contributed by atoms with Crippen molar-refractivity contribution >= 4 is 12.0 Å². The molecule has 0 amide bonds. The summed E-state index contributed by atoms with van der Waals surface area (Å²) in [6.45, 7) is 1.70. The standard InChI is InChI=1S/C13H16O3/c1-10(13(14)15)4-3-5-11-6-8-12(16-2)9-7-11/h3,5-10H,4H2,1-2H3,(H,14,15)/b5-3+. The van der Waals surface area contributed by atoms with E-state index in [-0.39, 0.29) is 5.92 Å². The molecule has 1 aromatic rings. The Morgan fingerprint density at radius 3 is 2.56 bits per heavy atom. The number of benzene rings is 1. The van der Waals surface area contributed by atoms with Crippen molar-refractivity contribution in [2.75, 3.05) is 7.11 Å². The average Bonchev–Trinajstić information content (AvgIpc) is 2.29. The van der Waals surface area contributed by atoms with E-state index >= 15 is 0 Å². The number of aliphatic carboxylic acids is 1. The molecule has 1 aromatic carbocycles. The van der Waals surface area contributed by atoms with Crippen molar-refractivity contribution in [3.05, 3.63) is 35.9 Å². The van der Waals surface area contributed by atoms with Crippen LogP contribution in [0.1, 0.15) is 18.9 Å². The zero-order valence-electron chi connectivity index (χ0n) is 9.51. The Morgan fingerprint density at radius 2 is 2.06 bits per heavy atom. The van der Waals surface area contributed by atoms with Gasteiger partial charge in [-0.15, -0.1) is 0 Å². The minimum absolute atomic E-state index is 0.338. The van der Waals surface area contributed by atoms with Crippen LogP contribution in [0.5, 0.6) is 5.75 Å². The Kier molecular flexibility index (Phi) is 4.58. The van der Waals surface area contributed by atoms with Crippen molar-refractivity contribution in [2.45, 2.75) is 13.3 Å². The van der Waals surface area contributed by atoms with Crippen LogP contribution in [0.4, 0.5) is 0 Å². The molecular formula is C13H16O3. The maximum absolute atomic E-state index is 10.6. The normalized spacial score (nSPS) is 12.6. The number of ether oxygens (including phenoxy) is 1. The van der Waals surface area contributed by atoms with Crippen molar-refractivity contribution in [3.8, 4) is 5.75 Å². The van der Waals surface area contributed by atoms with Gasteiger partial charge in [0.1, 0.15) is 5.75 Å². The lowest BCUT2D eigenvalue weighted by molar-refractivity contribution is -0.140. The zero-order valence-corrected chi connectivity index (χ0v) is 9.51. The van der Waals surface area contributed by atoms with Gasteiger partial charge < -0.3 is 9.84 Å². The second-order valence-electron chi connectivity index (χ2n) is 3.65. The molecule has 16 heavy (non-hydrogen) atoms. The molecule has 0 aliphatic carbocycles. The van der Waals surface area contributed by atoms with Crippen molar-refractivity contribution in [1.29, 1.82) is 0 Å². The molecule has 0 saturated heterocycles. The fourth-order valence-corrected chi connectivity index (χ4v) is 1.22. The Balaban J connectivity index is 2.52. The van der Waals surface area contributed by atoms with Crippen molar-refractivity contribution < 1.29 is 14.6 Å². The van der Waals surface area contributed by atoms with E-state index in [4.69, 9.17) is 9.84 Å². The van der Waals surface area contributed by atoms with Crippen LogP contribution in [-0.2, 0) is 4.79 Å². The van der Waals surface area contributed by atoms with Gasteiger partial charge in [0.2, 0.25) is 0 Å². The first-order chi connectivity index (χ1) is 7.63. The highest BCUT2D eigenvalue weighted by Crippen LogP contribution is 2.13. The third-order valence-electron chi connectivity index (χ3n) is 2.34. The van der Waals surface area contributed by atoms with Crippen LogP contribution in [0.2, 0.25) is 0 Å². The second kappa shape index (κ2) is 5.95. The molecule has 1 N–H and O–H groups in total. The number of allylic oxidation sites excluding steroid dienone is 1. The van der Waals surface area contributed by atoms with Gasteiger partial charge in [-0.1, -0.05) is 31.2 Å². The molecule has 0 aliphatic heterocycles. The van der Waals surface area contributed by atoms with Crippen LogP contribution in [0.15, 0.2) is 30.3 Å². The van der Waals surface area contributed by atoms with Gasteiger partial charge in [-0.25, -0.2) is 0 Å². The van der Waals surface area contributed by atoms with E-state index in [9.17, 15) is 4.79 Å². The van der Waals surface area contributed by atoms with Crippen molar-refractivity contribution in [2.24, 2.45) is 5.92 Å². The summed E-state index contributed by atoms with van der Waals surface area (Å²) >= 11 is 0. The van der Waals surface area contributed by atoms with Crippen LogP contribution in [-0.4, -0.2) is 18.2 Å². The molecular weight excluding hydrogens is 204 g/mol. The number of methoxy groups -OCH3 is 1. The highest BCUT2D eigenvalue weighted by atomic mass is 16.5. The molecule has 0 heterocycles. The summed E-state index contributed by atoms with van der Waals surface area (Å²) in [5.41, 5.74) is 1.04. The summed E-state index contributed by atoms with van der Waals surface area (Å²) in [5, 5.41) is 8.70. The van der Waals surface area contributed by atoms with Gasteiger partial charge in [0.25, 0.3) is 0 Å². The lowest BCUT2D eigenvalue weighted by atomic mass is 10.1. The summed E-state index contributed by atoms with van der Waals surface area (Å²) in [6.07, 6.45) is 4.33. The van der Waals surface area contributed by atoms with Gasteiger partial charge in [0.05, 0.1) is 13.0 Å². The highest BCUT2D eigenvalue weighted by Gasteiger charge is 2.07. The van der Waals surface area contributed by atoms with Crippen LogP contribution in [0.25, 0.3) is 6.08 Å². The molecule has 0 fully saturated rings. The smallest absolute Gasteiger partial charge is 0.306 e. The first-order valence-electron chi connectivity index (χ1n) is 5.17. The van der Waals surface area contributed by atoms with Crippen molar-refractivity contribution in [3.63, 3.8) is 0 Å². The number of carbonyl (C=O) groups is 1. The SMILES string of the molecule is COc1ccc(/C=C/CC(C)C(=O)O)cc1. The van der Waals surface area contributed by atoms with Crippen LogP contribution < -0.4 is 4.74 Å². The summed E-state index contributed by atoms with van der Waals surface area (Å²) in [4.78, 5) is 10.6. The van der Waals surface area contributed by atoms with E-state index in [1.54, 1.807) is 14.0 Å². The Bertz CT molecular complexity index is 365. The fraction of sp³-hybridized carbons (Fsp3) is 0.308. The van der Waals surface area contributed by atoms with E-state index < -0.39 is 5.97 Å². The number of carboxylic acids is 1. The largest absolute Gasteiger partial charge is 0.497 e. The maximum atomic E-state index is 10.6. The molecule has 86 valence electrons. The minimum Gasteiger partial charge on any atom is -0.497 e. The number of rotatable bonds is 5. The first kappa shape index (κ1) is 12.3. The first-order valence-corrected chi connectivity index (χ1v) is 5.17. The lowest BCUT2D eigenvalue weighted by Gasteiger charge is -2.01. The Morgan fingerprint density at radius 1 is 1.44 bits per heavy atom. The zero-order chi connectivity index (χ0) is 12.0. The van der Waals surface area contributed by atoms with Crippen LogP contribution >= 0.6 is 0 Å². The number of hydrogen-bond acceptors (Lipinski definition) is 2. The second-order valence-corrected chi connectivity index (χ2v) is 3.65. The molecule has 1 atom stereocenters. The van der Waals surface area contributed by atoms with Crippen LogP contribution in [0.3, 0.4) is 0 Å². The topological polar surface area (TPSA) is 46.5 Å². The van der Waals surface area contributed by atoms with Gasteiger partial charge in [0.15, 0.2) is 0 Å². The van der Waals surface area contributed by atoms with E-state index in [2.05, 4.69) is 0 Å². The van der Waals surface area contributed by atoms with E-state index in [0.717, 1.165) is 11.3 Å². The number of carboxylic acid groups (broad SMARTS) is 1. The summed E-state index contributed by atoms with van der Waals surface area (Å²) < 4.78 is 5.04. The highest BCUT2D eigenvalue weighted by molar-refractivity contribution is 5.69. The molecule has 1 rings (SSSR count). The van der Waals surface area contributed by atoms with Gasteiger partial charge >= 0.3 is 5.97 Å². The maximum Gasteiger partial charge on any atom is 0.306 e. The molecule has 1 unspecified atom stereocenters. The number of hydrogen-bond donors (Lipinski definition) is 1. The Hall–Kier alpha value is -1.77. The van der Waals surface area contributed by atoms with Gasteiger partial charge in [0, 0.05) is 0 Å². The third-order valence-corrected chi connectivity index (χ3v) is 2.34. The van der Waals surface area contributed by atoms with E-state index in [1.807, 2.05) is 36.4 Å². The van der Waals surface area contributed by atoms with Gasteiger partial charge in [-0.3, -0.25) is 4.79 Å². The van der Waals surface area contributed by atoms with Gasteiger partial charge in [-0.05, 0) is 24.1 Å². The summed E-state index contributed by atoms with van der Waals surface area (Å²) in [5.74, 6) is -0.287.